The van der Waals surface area contributed by atoms with Crippen LogP contribution < -0.4 is 10.2 Å². The first-order valence-electron chi connectivity index (χ1n) is 11.0. The van der Waals surface area contributed by atoms with Gasteiger partial charge in [0.25, 0.3) is 5.91 Å². The van der Waals surface area contributed by atoms with E-state index in [1.54, 1.807) is 6.07 Å². The van der Waals surface area contributed by atoms with E-state index in [1.807, 2.05) is 59.2 Å². The molecule has 0 bridgehead atoms. The summed E-state index contributed by atoms with van der Waals surface area (Å²) in [7, 11) is 0. The summed E-state index contributed by atoms with van der Waals surface area (Å²) in [5, 5.41) is 2.93. The lowest BCUT2D eigenvalue weighted by molar-refractivity contribution is 0.102. The van der Waals surface area contributed by atoms with Gasteiger partial charge in [-0.25, -0.2) is 4.79 Å². The van der Waals surface area contributed by atoms with E-state index in [4.69, 9.17) is 0 Å². The largest absolute Gasteiger partial charge is 0.324 e. The monoisotopic (exact) mass is 427 g/mol. The third kappa shape index (κ3) is 4.83. The maximum absolute atomic E-state index is 13.2. The van der Waals surface area contributed by atoms with Gasteiger partial charge in [-0.15, -0.1) is 0 Å². The molecule has 1 heterocycles. The molecule has 3 aromatic carbocycles. The second-order valence-corrected chi connectivity index (χ2v) is 8.51. The number of urea groups is 1. The molecule has 1 aliphatic heterocycles. The van der Waals surface area contributed by atoms with E-state index in [2.05, 4.69) is 37.4 Å². The fourth-order valence-electron chi connectivity index (χ4n) is 4.06. The molecule has 0 atom stereocenters. The second kappa shape index (κ2) is 9.27. The Morgan fingerprint density at radius 3 is 2.41 bits per heavy atom. The van der Waals surface area contributed by atoms with Gasteiger partial charge in [-0.1, -0.05) is 41.5 Å². The van der Waals surface area contributed by atoms with Gasteiger partial charge in [0.2, 0.25) is 0 Å². The summed E-state index contributed by atoms with van der Waals surface area (Å²) in [6, 6.07) is 21.4. The molecule has 0 aliphatic carbocycles. The maximum atomic E-state index is 13.2. The highest BCUT2D eigenvalue weighted by atomic mass is 16.2. The Hall–Kier alpha value is -3.60. The third-order valence-electron chi connectivity index (χ3n) is 5.89. The summed E-state index contributed by atoms with van der Waals surface area (Å²) < 4.78 is 0. The van der Waals surface area contributed by atoms with Gasteiger partial charge in [0, 0.05) is 36.6 Å². The molecule has 0 radical (unpaired) electrons. The number of carbonyl (C=O) groups excluding carboxylic acids is 2. The molecule has 5 heteroatoms. The average Bonchev–Trinajstić information content (AvgIpc) is 2.78. The van der Waals surface area contributed by atoms with E-state index in [1.165, 1.54) is 16.7 Å². The number of hydrogen-bond acceptors (Lipinski definition) is 2. The number of nitrogens with zero attached hydrogens (tertiary/aromatic N) is 2. The lowest BCUT2D eigenvalue weighted by Gasteiger charge is -2.36. The summed E-state index contributed by atoms with van der Waals surface area (Å²) >= 11 is 0. The molecule has 1 fully saturated rings. The quantitative estimate of drug-likeness (QED) is 0.568. The van der Waals surface area contributed by atoms with Crippen LogP contribution in [-0.4, -0.2) is 29.9 Å². The fraction of sp³-hybridized carbons (Fsp3) is 0.259. The fourth-order valence-corrected chi connectivity index (χ4v) is 4.06. The Balaban J connectivity index is 1.44. The molecule has 0 unspecified atom stereocenters. The van der Waals surface area contributed by atoms with Crippen LogP contribution in [0.4, 0.5) is 16.2 Å². The number of amides is 3. The number of nitrogens with one attached hydrogen (secondary N) is 1. The Bertz CT molecular complexity index is 1140. The summed E-state index contributed by atoms with van der Waals surface area (Å²) in [5.41, 5.74) is 6.81. The zero-order valence-corrected chi connectivity index (χ0v) is 18.9. The van der Waals surface area contributed by atoms with Gasteiger partial charge >= 0.3 is 6.03 Å². The summed E-state index contributed by atoms with van der Waals surface area (Å²) in [4.78, 5) is 29.4. The first-order chi connectivity index (χ1) is 15.4. The number of carbonyl (C=O) groups is 2. The predicted octanol–water partition coefficient (Wildman–Crippen LogP) is 5.70. The number of benzene rings is 3. The summed E-state index contributed by atoms with van der Waals surface area (Å²) in [6.45, 7) is 8.19. The van der Waals surface area contributed by atoms with Crippen molar-refractivity contribution in [3.63, 3.8) is 0 Å². The zero-order valence-electron chi connectivity index (χ0n) is 18.9. The van der Waals surface area contributed by atoms with Gasteiger partial charge in [0.05, 0.1) is 0 Å². The van der Waals surface area contributed by atoms with Crippen LogP contribution in [0.25, 0.3) is 0 Å². The number of rotatable bonds is 5. The maximum Gasteiger partial charge on any atom is 0.324 e. The lowest BCUT2D eigenvalue weighted by Crippen LogP contribution is -2.49. The molecule has 3 amide bonds. The van der Waals surface area contributed by atoms with Gasteiger partial charge in [0.1, 0.15) is 0 Å². The molecule has 0 aromatic heterocycles. The van der Waals surface area contributed by atoms with E-state index in [9.17, 15) is 9.59 Å². The minimum atomic E-state index is -0.143. The molecule has 5 nitrogen and oxygen atoms in total. The molecule has 1 aliphatic rings. The molecule has 3 aromatic rings. The molecule has 164 valence electrons. The van der Waals surface area contributed by atoms with Crippen molar-refractivity contribution < 1.29 is 9.59 Å². The van der Waals surface area contributed by atoms with Gasteiger partial charge in [-0.3, -0.25) is 9.69 Å². The third-order valence-corrected chi connectivity index (χ3v) is 5.89. The van der Waals surface area contributed by atoms with E-state index < -0.39 is 0 Å². The first-order valence-corrected chi connectivity index (χ1v) is 11.0. The Morgan fingerprint density at radius 2 is 1.66 bits per heavy atom. The average molecular weight is 428 g/mol. The van der Waals surface area contributed by atoms with Crippen LogP contribution in [-0.2, 0) is 6.54 Å². The number of hydrogen-bond donors (Lipinski definition) is 1. The molecule has 32 heavy (non-hydrogen) atoms. The van der Waals surface area contributed by atoms with Crippen LogP contribution in [0.1, 0.15) is 39.0 Å². The number of aryl methyl sites for hydroxylation is 3. The molecule has 1 saturated heterocycles. The van der Waals surface area contributed by atoms with E-state index in [0.717, 1.165) is 24.2 Å². The van der Waals surface area contributed by atoms with Crippen LogP contribution >= 0.6 is 0 Å². The highest BCUT2D eigenvalue weighted by Crippen LogP contribution is 2.24. The molecule has 0 spiro atoms. The minimum absolute atomic E-state index is 0.0219. The summed E-state index contributed by atoms with van der Waals surface area (Å²) in [5.74, 6) is -0.143. The van der Waals surface area contributed by atoms with Crippen molar-refractivity contribution >= 4 is 23.3 Å². The lowest BCUT2D eigenvalue weighted by atomic mass is 10.0. The van der Waals surface area contributed by atoms with E-state index in [0.29, 0.717) is 24.3 Å². The van der Waals surface area contributed by atoms with Crippen LogP contribution in [0, 0.1) is 20.8 Å². The SMILES string of the molecule is Cc1cccc(C(=O)Nc2ccc(N3CCCN(Cc4cc(C)ccc4C)C3=O)cc2)c1. The highest BCUT2D eigenvalue weighted by Gasteiger charge is 2.27. The normalized spacial score (nSPS) is 13.9. The first kappa shape index (κ1) is 21.6. The van der Waals surface area contributed by atoms with E-state index in [-0.39, 0.29) is 11.9 Å². The van der Waals surface area contributed by atoms with Crippen molar-refractivity contribution in [3.05, 3.63) is 94.5 Å². The van der Waals surface area contributed by atoms with Crippen LogP contribution in [0.15, 0.2) is 66.7 Å². The van der Waals surface area contributed by atoms with Gasteiger partial charge < -0.3 is 10.2 Å². The Kier molecular flexibility index (Phi) is 6.26. The highest BCUT2D eigenvalue weighted by molar-refractivity contribution is 6.04. The molecule has 0 saturated carbocycles. The standard InChI is InChI=1S/C27H29N3O2/c1-19-6-4-7-22(16-19)26(31)28-24-10-12-25(13-11-24)30-15-5-14-29(27(30)32)18-23-17-20(2)8-9-21(23)3/h4,6-13,16-17H,5,14-15,18H2,1-3H3,(H,28,31). The van der Waals surface area contributed by atoms with Crippen LogP contribution in [0.2, 0.25) is 0 Å². The second-order valence-electron chi connectivity index (χ2n) is 8.51. The van der Waals surface area contributed by atoms with Crippen molar-refractivity contribution in [2.45, 2.75) is 33.7 Å². The predicted molar refractivity (Wildman–Crippen MR) is 129 cm³/mol. The number of anilines is 2. The van der Waals surface area contributed by atoms with Crippen LogP contribution in [0.3, 0.4) is 0 Å². The van der Waals surface area contributed by atoms with Gasteiger partial charge in [0.15, 0.2) is 0 Å². The van der Waals surface area contributed by atoms with Crippen molar-refractivity contribution in [2.24, 2.45) is 0 Å². The topological polar surface area (TPSA) is 52.7 Å². The minimum Gasteiger partial charge on any atom is -0.322 e. The van der Waals surface area contributed by atoms with Crippen molar-refractivity contribution in [1.82, 2.24) is 4.90 Å². The van der Waals surface area contributed by atoms with Crippen molar-refractivity contribution in [1.29, 1.82) is 0 Å². The summed E-state index contributed by atoms with van der Waals surface area (Å²) in [6.07, 6.45) is 0.919. The zero-order chi connectivity index (χ0) is 22.7. The molecule has 4 rings (SSSR count). The van der Waals surface area contributed by atoms with Gasteiger partial charge in [-0.2, -0.15) is 0 Å². The van der Waals surface area contributed by atoms with E-state index >= 15 is 0 Å². The van der Waals surface area contributed by atoms with Crippen molar-refractivity contribution in [3.8, 4) is 0 Å². The Labute approximate surface area is 189 Å². The molecule has 1 N–H and O–H groups in total. The van der Waals surface area contributed by atoms with Gasteiger partial charge in [-0.05, 0) is 74.7 Å². The molecular weight excluding hydrogens is 398 g/mol. The Morgan fingerprint density at radius 1 is 0.906 bits per heavy atom. The van der Waals surface area contributed by atoms with Crippen LogP contribution in [0.5, 0.6) is 0 Å². The molecular formula is C27H29N3O2. The van der Waals surface area contributed by atoms with Crippen molar-refractivity contribution in [2.75, 3.05) is 23.3 Å². The smallest absolute Gasteiger partial charge is 0.322 e.